The van der Waals surface area contributed by atoms with Crippen molar-refractivity contribution in [2.75, 3.05) is 33.7 Å². The van der Waals surface area contributed by atoms with Crippen LogP contribution in [0.5, 0.6) is 0 Å². The first-order valence-corrected chi connectivity index (χ1v) is 25.3. The predicted octanol–water partition coefficient (Wildman–Crippen LogP) is 3.87. The topological polar surface area (TPSA) is 219 Å². The summed E-state index contributed by atoms with van der Waals surface area (Å²) >= 11 is 0. The third kappa shape index (κ3) is 10.1. The van der Waals surface area contributed by atoms with E-state index in [9.17, 15) is 45.0 Å². The molecule has 15 nitrogen and oxygen atoms in total. The van der Waals surface area contributed by atoms with Crippen LogP contribution in [0.15, 0.2) is 11.6 Å². The molecule has 3 saturated carbocycles. The van der Waals surface area contributed by atoms with Crippen LogP contribution >= 0.6 is 0 Å². The number of ether oxygens (including phenoxy) is 3. The monoisotopic (exact) mass is 934 g/mol. The van der Waals surface area contributed by atoms with Crippen molar-refractivity contribution in [2.45, 2.75) is 218 Å². The molecule has 0 spiro atoms. The Balaban J connectivity index is 1.16. The van der Waals surface area contributed by atoms with Crippen LogP contribution in [0, 0.1) is 39.9 Å². The number of nitrogens with zero attached hydrogens (tertiary/aromatic N) is 2. The number of hydrogen-bond donors (Lipinski definition) is 7. The summed E-state index contributed by atoms with van der Waals surface area (Å²) in [6.07, 6.45) is 1.38. The van der Waals surface area contributed by atoms with Crippen molar-refractivity contribution in [1.82, 2.24) is 15.1 Å². The normalized spacial score (nSPS) is 46.2. The molecule has 5 fully saturated rings. The van der Waals surface area contributed by atoms with Crippen LogP contribution in [0.25, 0.3) is 0 Å². The molecular weight excluding hydrogens is 847 g/mol. The van der Waals surface area contributed by atoms with Crippen LogP contribution in [0.3, 0.4) is 0 Å². The van der Waals surface area contributed by atoms with Crippen molar-refractivity contribution in [3.8, 4) is 0 Å². The quantitative estimate of drug-likeness (QED) is 0.129. The van der Waals surface area contributed by atoms with Crippen molar-refractivity contribution in [1.29, 1.82) is 0 Å². The summed E-state index contributed by atoms with van der Waals surface area (Å²) in [5.74, 6) is -1.82. The Morgan fingerprint density at radius 3 is 2.32 bits per heavy atom. The standard InChI is InChI=1S/C51H87N3O12/c1-12-39-50(9,62)43(59)31(4)54(23-13-19-47(5,6)40(27-37(56)30(3)44(60)65-39)66-45-42(58)36(53(10)11)25-29(2)64-45)24-14-22-52-46(61)51(63)21-18-35-34-16-15-32-26-33(55)17-20-48(32,7)41(34)38(57)28-49(35,51)8/h26,29-31,34-43,45,56-59,62-63H,12-25,27-28H2,1-11H3,(H,52,61)/t29-,30+,31+,34?,35?,36-,37-,38-,39+,40+,41?,42?,43-,45+,48-,49-,50-,51-/m0/s1. The summed E-state index contributed by atoms with van der Waals surface area (Å²) in [6, 6.07) is -0.827. The molecule has 0 radical (unpaired) electrons. The van der Waals surface area contributed by atoms with Gasteiger partial charge in [0.15, 0.2) is 12.1 Å². The van der Waals surface area contributed by atoms with E-state index in [1.165, 1.54) is 6.92 Å². The zero-order valence-electron chi connectivity index (χ0n) is 42.0. The second kappa shape index (κ2) is 20.4. The molecule has 6 rings (SSSR count). The minimum atomic E-state index is -1.86. The van der Waals surface area contributed by atoms with Gasteiger partial charge >= 0.3 is 5.97 Å². The van der Waals surface area contributed by atoms with Crippen LogP contribution in [-0.4, -0.2) is 164 Å². The number of rotatable bonds is 9. The minimum Gasteiger partial charge on any atom is -0.459 e. The maximum atomic E-state index is 14.2. The zero-order valence-corrected chi connectivity index (χ0v) is 42.0. The Labute approximate surface area is 394 Å². The van der Waals surface area contributed by atoms with Crippen LogP contribution in [0.1, 0.15) is 146 Å². The van der Waals surface area contributed by atoms with Gasteiger partial charge in [-0.05, 0) is 154 Å². The summed E-state index contributed by atoms with van der Waals surface area (Å²) in [6.45, 7) is 18.0. The highest BCUT2D eigenvalue weighted by molar-refractivity contribution is 5.91. The van der Waals surface area contributed by atoms with Gasteiger partial charge in [0.25, 0.3) is 5.91 Å². The zero-order chi connectivity index (χ0) is 48.9. The first-order chi connectivity index (χ1) is 30.7. The van der Waals surface area contributed by atoms with E-state index in [1.54, 1.807) is 13.8 Å². The number of aliphatic hydroxyl groups excluding tert-OH is 4. The number of aliphatic hydroxyl groups is 6. The molecule has 0 bridgehead atoms. The predicted molar refractivity (Wildman–Crippen MR) is 249 cm³/mol. The van der Waals surface area contributed by atoms with Gasteiger partial charge in [0.2, 0.25) is 0 Å². The van der Waals surface area contributed by atoms with E-state index in [4.69, 9.17) is 14.2 Å². The van der Waals surface area contributed by atoms with Gasteiger partial charge in [0, 0.05) is 43.4 Å². The smallest absolute Gasteiger partial charge is 0.311 e. The van der Waals surface area contributed by atoms with Crippen molar-refractivity contribution in [2.24, 2.45) is 39.9 Å². The van der Waals surface area contributed by atoms with Gasteiger partial charge in [-0.25, -0.2) is 0 Å². The Hall–Kier alpha value is -2.05. The van der Waals surface area contributed by atoms with E-state index in [0.29, 0.717) is 64.5 Å². The Bertz CT molecular complexity index is 1760. The lowest BCUT2D eigenvalue weighted by Crippen LogP contribution is -2.63. The largest absolute Gasteiger partial charge is 0.459 e. The second-order valence-electron chi connectivity index (χ2n) is 23.2. The third-order valence-corrected chi connectivity index (χ3v) is 18.4. The molecule has 0 aromatic heterocycles. The molecule has 2 saturated heterocycles. The van der Waals surface area contributed by atoms with Crippen molar-refractivity contribution >= 4 is 17.7 Å². The number of likely N-dealkylation sites (N-methyl/N-ethyl adjacent to an activating group) is 1. The number of nitrogens with one attached hydrogen (secondary N) is 1. The van der Waals surface area contributed by atoms with E-state index in [2.05, 4.69) is 17.1 Å². The highest BCUT2D eigenvalue weighted by atomic mass is 16.7. The number of hydrogen-bond acceptors (Lipinski definition) is 14. The maximum absolute atomic E-state index is 14.2. The first kappa shape index (κ1) is 53.3. The first-order valence-electron chi connectivity index (χ1n) is 25.3. The number of carbonyl (C=O) groups is 3. The fraction of sp³-hybridized carbons (Fsp3) is 0.902. The fourth-order valence-corrected chi connectivity index (χ4v) is 13.8. The van der Waals surface area contributed by atoms with Gasteiger partial charge in [0.05, 0.1) is 30.3 Å². The summed E-state index contributed by atoms with van der Waals surface area (Å²) in [4.78, 5) is 44.3. The average Bonchev–Trinajstić information content (AvgIpc) is 3.52. The van der Waals surface area contributed by atoms with Crippen LogP contribution < -0.4 is 5.32 Å². The number of ketones is 1. The molecule has 2 aliphatic heterocycles. The molecule has 6 aliphatic rings. The molecule has 0 aromatic carbocycles. The number of amides is 1. The average molecular weight is 934 g/mol. The highest BCUT2D eigenvalue weighted by Gasteiger charge is 2.68. The summed E-state index contributed by atoms with van der Waals surface area (Å²) in [7, 11) is 3.81. The van der Waals surface area contributed by atoms with Crippen LogP contribution in [0.4, 0.5) is 0 Å². The van der Waals surface area contributed by atoms with Crippen molar-refractivity contribution in [3.05, 3.63) is 11.6 Å². The Kier molecular flexibility index (Phi) is 16.4. The molecule has 7 N–H and O–H groups in total. The molecule has 0 aromatic rings. The summed E-state index contributed by atoms with van der Waals surface area (Å²) in [5.41, 5.74) is -4.07. The summed E-state index contributed by atoms with van der Waals surface area (Å²) < 4.78 is 18.7. The Morgan fingerprint density at radius 2 is 1.65 bits per heavy atom. The number of esters is 1. The lowest BCUT2D eigenvalue weighted by Gasteiger charge is -2.60. The number of cyclic esters (lactones) is 1. The second-order valence-corrected chi connectivity index (χ2v) is 23.2. The fourth-order valence-electron chi connectivity index (χ4n) is 13.8. The van der Waals surface area contributed by atoms with Gasteiger partial charge in [-0.15, -0.1) is 0 Å². The molecule has 4 unspecified atom stereocenters. The SMILES string of the molecule is CC[C@H]1OC(=O)[C@H](C)[C@@H](O)C[C@@H](O[C@H]2O[C@@H](C)C[C@H](N(C)C)C2O)C(C)(C)CCCN(CCCNC(=O)[C@@]2(O)CCC3C4CCC5=CC(=O)CC[C@]5(C)C4[C@@H](O)C[C@@]32C)[C@H](C)[C@H](O)[C@@]1(C)O. The van der Waals surface area contributed by atoms with Crippen LogP contribution in [-0.2, 0) is 28.6 Å². The lowest BCUT2D eigenvalue weighted by atomic mass is 9.45. The highest BCUT2D eigenvalue weighted by Crippen LogP contribution is 2.67. The van der Waals surface area contributed by atoms with Gasteiger partial charge in [-0.3, -0.25) is 19.3 Å². The van der Waals surface area contributed by atoms with E-state index >= 15 is 0 Å². The number of fused-ring (bicyclic) bond motifs is 5. The molecule has 18 atom stereocenters. The Morgan fingerprint density at radius 1 is 0.955 bits per heavy atom. The molecule has 4 aliphatic carbocycles. The van der Waals surface area contributed by atoms with Gasteiger partial charge in [0.1, 0.15) is 29.5 Å². The lowest BCUT2D eigenvalue weighted by molar-refractivity contribution is -0.283. The molecular formula is C51H87N3O12. The van der Waals surface area contributed by atoms with E-state index in [1.807, 2.05) is 59.7 Å². The van der Waals surface area contributed by atoms with Gasteiger partial charge in [-0.1, -0.05) is 40.2 Å². The van der Waals surface area contributed by atoms with Crippen LogP contribution in [0.2, 0.25) is 0 Å². The van der Waals surface area contributed by atoms with E-state index in [-0.39, 0.29) is 60.5 Å². The van der Waals surface area contributed by atoms with Gasteiger partial charge < -0.3 is 55.1 Å². The summed E-state index contributed by atoms with van der Waals surface area (Å²) in [5, 5.41) is 74.1. The van der Waals surface area contributed by atoms with E-state index in [0.717, 1.165) is 24.8 Å². The van der Waals surface area contributed by atoms with Crippen molar-refractivity contribution in [3.63, 3.8) is 0 Å². The molecule has 66 heavy (non-hydrogen) atoms. The third-order valence-electron chi connectivity index (χ3n) is 18.4. The molecule has 1 amide bonds. The van der Waals surface area contributed by atoms with Gasteiger partial charge in [-0.2, -0.15) is 0 Å². The number of allylic oxidation sites excluding steroid dienone is 1. The molecule has 15 heteroatoms. The maximum Gasteiger partial charge on any atom is 0.311 e. The van der Waals surface area contributed by atoms with E-state index < -0.39 is 88.8 Å². The number of carbonyl (C=O) groups excluding carboxylic acids is 3. The van der Waals surface area contributed by atoms with Crippen molar-refractivity contribution < 1.29 is 59.2 Å². The minimum absolute atomic E-state index is 0.0253. The molecule has 378 valence electrons. The molecule has 2 heterocycles.